The first kappa shape index (κ1) is 14.4. The zero-order valence-corrected chi connectivity index (χ0v) is 11.9. The summed E-state index contributed by atoms with van der Waals surface area (Å²) in [6, 6.07) is 7.63. The van der Waals surface area contributed by atoms with Crippen molar-refractivity contribution >= 4 is 11.6 Å². The first-order valence-electron chi connectivity index (χ1n) is 7.49. The lowest BCUT2D eigenvalue weighted by Crippen LogP contribution is -2.49. The molecule has 0 radical (unpaired) electrons. The lowest BCUT2D eigenvalue weighted by atomic mass is 9.85. The van der Waals surface area contributed by atoms with Gasteiger partial charge < -0.3 is 10.6 Å². The van der Waals surface area contributed by atoms with E-state index in [4.69, 9.17) is 5.73 Å². The van der Waals surface area contributed by atoms with Crippen molar-refractivity contribution in [2.24, 2.45) is 11.7 Å². The van der Waals surface area contributed by atoms with Crippen LogP contribution in [0.4, 0.5) is 14.5 Å². The third-order valence-corrected chi connectivity index (χ3v) is 4.51. The Morgan fingerprint density at radius 3 is 2.62 bits per heavy atom. The molecule has 2 N–H and O–H groups in total. The van der Waals surface area contributed by atoms with Gasteiger partial charge >= 0.3 is 0 Å². The number of nitrogens with two attached hydrogens (primary N) is 1. The van der Waals surface area contributed by atoms with Crippen molar-refractivity contribution in [3.8, 4) is 0 Å². The van der Waals surface area contributed by atoms with Crippen LogP contribution in [0.25, 0.3) is 0 Å². The summed E-state index contributed by atoms with van der Waals surface area (Å²) in [6.07, 6.45) is 0.901. The fourth-order valence-electron chi connectivity index (χ4n) is 3.34. The number of nitrogens with zero attached hydrogens (tertiary/aromatic N) is 1. The number of benzene rings is 1. The molecule has 3 nitrogen and oxygen atoms in total. The van der Waals surface area contributed by atoms with Crippen LogP contribution in [0.5, 0.6) is 0 Å². The van der Waals surface area contributed by atoms with Gasteiger partial charge in [0.25, 0.3) is 0 Å². The number of carbonyl (C=O) groups is 1. The quantitative estimate of drug-likeness (QED) is 0.865. The van der Waals surface area contributed by atoms with E-state index < -0.39 is 5.92 Å². The maximum Gasteiger partial charge on any atom is 0.248 e. The van der Waals surface area contributed by atoms with Gasteiger partial charge in [0.15, 0.2) is 0 Å². The van der Waals surface area contributed by atoms with E-state index in [2.05, 4.69) is 0 Å². The van der Waals surface area contributed by atoms with Crippen molar-refractivity contribution in [1.82, 2.24) is 0 Å². The molecule has 114 valence electrons. The second-order valence-corrected chi connectivity index (χ2v) is 6.17. The zero-order chi connectivity index (χ0) is 15.0. The second kappa shape index (κ2) is 5.37. The SMILES string of the molecule is NC1Cc2ccccc2N(C(=O)C2CCC(F)(F)CC2)C1. The number of para-hydroxylation sites is 1. The largest absolute Gasteiger partial charge is 0.326 e. The number of hydrogen-bond donors (Lipinski definition) is 1. The Kier molecular flexibility index (Phi) is 3.69. The molecule has 21 heavy (non-hydrogen) atoms. The topological polar surface area (TPSA) is 46.3 Å². The molecule has 1 atom stereocenters. The van der Waals surface area contributed by atoms with E-state index in [-0.39, 0.29) is 43.6 Å². The minimum Gasteiger partial charge on any atom is -0.326 e. The minimum absolute atomic E-state index is 0.0481. The molecule has 0 spiro atoms. The van der Waals surface area contributed by atoms with Gasteiger partial charge in [-0.2, -0.15) is 0 Å². The van der Waals surface area contributed by atoms with Crippen LogP contribution in [-0.4, -0.2) is 24.4 Å². The standard InChI is InChI=1S/C16H20F2N2O/c17-16(18)7-5-11(6-8-16)15(21)20-10-13(19)9-12-3-1-2-4-14(12)20/h1-4,11,13H,5-10,19H2. The van der Waals surface area contributed by atoms with Crippen LogP contribution in [0.3, 0.4) is 0 Å². The number of amides is 1. The van der Waals surface area contributed by atoms with Crippen molar-refractivity contribution in [3.63, 3.8) is 0 Å². The van der Waals surface area contributed by atoms with Crippen molar-refractivity contribution in [1.29, 1.82) is 0 Å². The molecule has 5 heteroatoms. The summed E-state index contributed by atoms with van der Waals surface area (Å²) in [5, 5.41) is 0. The molecule has 0 aromatic heterocycles. The van der Waals surface area contributed by atoms with E-state index in [1.54, 1.807) is 4.90 Å². The molecular formula is C16H20F2N2O. The van der Waals surface area contributed by atoms with E-state index in [1.807, 2.05) is 24.3 Å². The third kappa shape index (κ3) is 2.93. The smallest absolute Gasteiger partial charge is 0.248 e. The predicted octanol–water partition coefficient (Wildman–Crippen LogP) is 2.73. The van der Waals surface area contributed by atoms with E-state index in [1.165, 1.54) is 0 Å². The molecule has 0 saturated heterocycles. The van der Waals surface area contributed by atoms with Gasteiger partial charge in [-0.05, 0) is 30.9 Å². The summed E-state index contributed by atoms with van der Waals surface area (Å²) >= 11 is 0. The molecular weight excluding hydrogens is 274 g/mol. The highest BCUT2D eigenvalue weighted by Crippen LogP contribution is 2.38. The second-order valence-electron chi connectivity index (χ2n) is 6.17. The third-order valence-electron chi connectivity index (χ3n) is 4.51. The van der Waals surface area contributed by atoms with Crippen LogP contribution in [0.2, 0.25) is 0 Å². The van der Waals surface area contributed by atoms with Gasteiger partial charge in [-0.25, -0.2) is 8.78 Å². The molecule has 1 unspecified atom stereocenters. The number of halogens is 2. The van der Waals surface area contributed by atoms with Crippen LogP contribution < -0.4 is 10.6 Å². The van der Waals surface area contributed by atoms with Crippen LogP contribution in [0, 0.1) is 5.92 Å². The highest BCUT2D eigenvalue weighted by molar-refractivity contribution is 5.96. The number of hydrogen-bond acceptors (Lipinski definition) is 2. The summed E-state index contributed by atoms with van der Waals surface area (Å²) in [5.41, 5.74) is 7.99. The minimum atomic E-state index is -2.60. The number of rotatable bonds is 1. The van der Waals surface area contributed by atoms with Crippen LogP contribution in [-0.2, 0) is 11.2 Å². The van der Waals surface area contributed by atoms with Crippen molar-refractivity contribution < 1.29 is 13.6 Å². The normalized spacial score (nSPS) is 25.5. The Morgan fingerprint density at radius 1 is 1.24 bits per heavy atom. The number of fused-ring (bicyclic) bond motifs is 1. The average Bonchev–Trinajstić information content (AvgIpc) is 2.45. The lowest BCUT2D eigenvalue weighted by molar-refractivity contribution is -0.126. The molecule has 2 aliphatic rings. The number of anilines is 1. The Morgan fingerprint density at radius 2 is 1.90 bits per heavy atom. The molecule has 3 rings (SSSR count). The average molecular weight is 294 g/mol. The van der Waals surface area contributed by atoms with E-state index in [0.29, 0.717) is 6.54 Å². The molecule has 1 saturated carbocycles. The molecule has 1 aromatic rings. The van der Waals surface area contributed by atoms with Crippen LogP contribution in [0.1, 0.15) is 31.2 Å². The van der Waals surface area contributed by atoms with E-state index >= 15 is 0 Å². The highest BCUT2D eigenvalue weighted by atomic mass is 19.3. The molecule has 1 aliphatic heterocycles. The Hall–Kier alpha value is -1.49. The summed E-state index contributed by atoms with van der Waals surface area (Å²) in [6.45, 7) is 0.475. The van der Waals surface area contributed by atoms with Crippen molar-refractivity contribution in [3.05, 3.63) is 29.8 Å². The first-order valence-corrected chi connectivity index (χ1v) is 7.49. The monoisotopic (exact) mass is 294 g/mol. The number of carbonyl (C=O) groups excluding carboxylic acids is 1. The van der Waals surface area contributed by atoms with Gasteiger partial charge in [0.2, 0.25) is 11.8 Å². The molecule has 1 aromatic carbocycles. The summed E-state index contributed by atoms with van der Waals surface area (Å²) < 4.78 is 26.5. The van der Waals surface area contributed by atoms with Crippen molar-refractivity contribution in [2.75, 3.05) is 11.4 Å². The van der Waals surface area contributed by atoms with E-state index in [0.717, 1.165) is 17.7 Å². The zero-order valence-electron chi connectivity index (χ0n) is 11.9. The van der Waals surface area contributed by atoms with Gasteiger partial charge in [-0.3, -0.25) is 4.79 Å². The summed E-state index contributed by atoms with van der Waals surface area (Å²) in [5.74, 6) is -2.96. The van der Waals surface area contributed by atoms with Gasteiger partial charge in [0.05, 0.1) is 0 Å². The maximum atomic E-state index is 13.2. The van der Waals surface area contributed by atoms with Crippen LogP contribution in [0.15, 0.2) is 24.3 Å². The highest BCUT2D eigenvalue weighted by Gasteiger charge is 2.39. The molecule has 0 bridgehead atoms. The van der Waals surface area contributed by atoms with Gasteiger partial charge in [-0.1, -0.05) is 18.2 Å². The van der Waals surface area contributed by atoms with Gasteiger partial charge in [-0.15, -0.1) is 0 Å². The maximum absolute atomic E-state index is 13.2. The fourth-order valence-corrected chi connectivity index (χ4v) is 3.34. The van der Waals surface area contributed by atoms with E-state index in [9.17, 15) is 13.6 Å². The Labute approximate surface area is 123 Å². The van der Waals surface area contributed by atoms with Crippen molar-refractivity contribution in [2.45, 2.75) is 44.1 Å². The Bertz CT molecular complexity index is 537. The van der Waals surface area contributed by atoms with Gasteiger partial charge in [0, 0.05) is 37.0 Å². The number of alkyl halides is 2. The molecule has 1 fully saturated rings. The summed E-state index contributed by atoms with van der Waals surface area (Å²) in [7, 11) is 0. The molecule has 1 aliphatic carbocycles. The van der Waals surface area contributed by atoms with Crippen LogP contribution >= 0.6 is 0 Å². The fraction of sp³-hybridized carbons (Fsp3) is 0.562. The Balaban J connectivity index is 1.79. The lowest BCUT2D eigenvalue weighted by Gasteiger charge is -2.37. The first-order chi connectivity index (χ1) is 9.96. The summed E-state index contributed by atoms with van der Waals surface area (Å²) in [4.78, 5) is 14.4. The van der Waals surface area contributed by atoms with Gasteiger partial charge in [0.1, 0.15) is 0 Å². The molecule has 1 heterocycles. The molecule has 1 amide bonds. The predicted molar refractivity (Wildman–Crippen MR) is 77.4 cm³/mol.